The monoisotopic (exact) mass is 246 g/mol. The molecule has 0 saturated carbocycles. The summed E-state index contributed by atoms with van der Waals surface area (Å²) in [6.07, 6.45) is 4.18. The minimum Gasteiger partial charge on any atom is -0.508 e. The van der Waals surface area contributed by atoms with Crippen molar-refractivity contribution in [3.8, 4) is 5.75 Å². The van der Waals surface area contributed by atoms with Crippen molar-refractivity contribution in [2.75, 3.05) is 0 Å². The van der Waals surface area contributed by atoms with Crippen molar-refractivity contribution in [2.45, 2.75) is 39.5 Å². The normalized spacial score (nSPS) is 11.0. The molecule has 0 spiro atoms. The van der Waals surface area contributed by atoms with E-state index in [1.54, 1.807) is 19.1 Å². The van der Waals surface area contributed by atoms with Gasteiger partial charge in [0.05, 0.1) is 0 Å². The standard InChI is InChI=1S/C15H18O3/c1-3-4-5-6-12-10(2)15(17)18-14-8-7-11(16)9-13(12)14/h7-9,16H,3-6H2,1-2H3. The minimum atomic E-state index is -0.278. The average Bonchev–Trinajstić information content (AvgIpc) is 2.35. The summed E-state index contributed by atoms with van der Waals surface area (Å²) in [7, 11) is 0. The number of phenolic OH excluding ortho intramolecular Hbond substituents is 1. The van der Waals surface area contributed by atoms with Crippen LogP contribution in [0.25, 0.3) is 11.0 Å². The van der Waals surface area contributed by atoms with Crippen molar-refractivity contribution < 1.29 is 9.52 Å². The molecule has 0 aliphatic rings. The van der Waals surface area contributed by atoms with E-state index in [9.17, 15) is 9.90 Å². The zero-order valence-corrected chi connectivity index (χ0v) is 10.8. The maximum Gasteiger partial charge on any atom is 0.339 e. The number of fused-ring (bicyclic) bond motifs is 1. The van der Waals surface area contributed by atoms with Gasteiger partial charge in [-0.2, -0.15) is 0 Å². The van der Waals surface area contributed by atoms with E-state index in [0.29, 0.717) is 11.1 Å². The Labute approximate surface area is 106 Å². The van der Waals surface area contributed by atoms with Gasteiger partial charge in [-0.1, -0.05) is 19.8 Å². The Hall–Kier alpha value is -1.77. The predicted molar refractivity (Wildman–Crippen MR) is 72.1 cm³/mol. The first kappa shape index (κ1) is 12.7. The number of aryl methyl sites for hydroxylation is 1. The van der Waals surface area contributed by atoms with Gasteiger partial charge >= 0.3 is 5.63 Å². The number of unbranched alkanes of at least 4 members (excludes halogenated alkanes) is 2. The molecule has 0 bridgehead atoms. The predicted octanol–water partition coefficient (Wildman–Crippen LogP) is 3.54. The third-order valence-electron chi connectivity index (χ3n) is 3.28. The smallest absolute Gasteiger partial charge is 0.339 e. The molecule has 1 N–H and O–H groups in total. The number of rotatable bonds is 4. The largest absolute Gasteiger partial charge is 0.508 e. The molecule has 3 nitrogen and oxygen atoms in total. The molecule has 3 heteroatoms. The van der Waals surface area contributed by atoms with E-state index >= 15 is 0 Å². The zero-order valence-electron chi connectivity index (χ0n) is 10.8. The van der Waals surface area contributed by atoms with Crippen LogP contribution in [0.15, 0.2) is 27.4 Å². The molecule has 0 radical (unpaired) electrons. The molecule has 0 fully saturated rings. The fourth-order valence-electron chi connectivity index (χ4n) is 2.22. The van der Waals surface area contributed by atoms with Gasteiger partial charge in [-0.15, -0.1) is 0 Å². The highest BCUT2D eigenvalue weighted by Crippen LogP contribution is 2.25. The molecule has 18 heavy (non-hydrogen) atoms. The lowest BCUT2D eigenvalue weighted by Crippen LogP contribution is -2.08. The van der Waals surface area contributed by atoms with Crippen molar-refractivity contribution in [1.82, 2.24) is 0 Å². The molecule has 0 aliphatic heterocycles. The van der Waals surface area contributed by atoms with E-state index in [0.717, 1.165) is 36.6 Å². The first-order valence-corrected chi connectivity index (χ1v) is 6.38. The van der Waals surface area contributed by atoms with E-state index in [-0.39, 0.29) is 11.4 Å². The molecule has 1 aromatic carbocycles. The van der Waals surface area contributed by atoms with Gasteiger partial charge in [-0.05, 0) is 43.5 Å². The average molecular weight is 246 g/mol. The van der Waals surface area contributed by atoms with Crippen LogP contribution >= 0.6 is 0 Å². The zero-order chi connectivity index (χ0) is 13.1. The second kappa shape index (κ2) is 5.25. The van der Waals surface area contributed by atoms with Crippen LogP contribution in [0.4, 0.5) is 0 Å². The Kier molecular flexibility index (Phi) is 3.70. The lowest BCUT2D eigenvalue weighted by Gasteiger charge is -2.08. The number of phenols is 1. The Morgan fingerprint density at radius 3 is 2.78 bits per heavy atom. The SMILES string of the molecule is CCCCCc1c(C)c(=O)oc2ccc(O)cc12. The summed E-state index contributed by atoms with van der Waals surface area (Å²) in [4.78, 5) is 11.7. The van der Waals surface area contributed by atoms with Crippen LogP contribution in [0.5, 0.6) is 5.75 Å². The number of hydrogen-bond donors (Lipinski definition) is 1. The maximum absolute atomic E-state index is 11.7. The lowest BCUT2D eigenvalue weighted by molar-refractivity contribution is 0.475. The van der Waals surface area contributed by atoms with E-state index < -0.39 is 0 Å². The fraction of sp³-hybridized carbons (Fsp3) is 0.400. The summed E-state index contributed by atoms with van der Waals surface area (Å²) in [5.74, 6) is 0.201. The molecule has 2 aromatic rings. The van der Waals surface area contributed by atoms with Crippen molar-refractivity contribution >= 4 is 11.0 Å². The van der Waals surface area contributed by atoms with E-state index in [1.807, 2.05) is 0 Å². The second-order valence-electron chi connectivity index (χ2n) is 4.63. The Balaban J connectivity index is 2.55. The quantitative estimate of drug-likeness (QED) is 0.663. The Morgan fingerprint density at radius 2 is 2.06 bits per heavy atom. The molecule has 0 saturated heterocycles. The molecule has 0 unspecified atom stereocenters. The van der Waals surface area contributed by atoms with Crippen molar-refractivity contribution in [2.24, 2.45) is 0 Å². The first-order valence-electron chi connectivity index (χ1n) is 6.38. The highest BCUT2D eigenvalue weighted by molar-refractivity contribution is 5.82. The second-order valence-corrected chi connectivity index (χ2v) is 4.63. The van der Waals surface area contributed by atoms with Gasteiger partial charge in [0, 0.05) is 10.9 Å². The summed E-state index contributed by atoms with van der Waals surface area (Å²) < 4.78 is 5.23. The number of aromatic hydroxyl groups is 1. The summed E-state index contributed by atoms with van der Waals surface area (Å²) in [5.41, 5.74) is 1.93. The van der Waals surface area contributed by atoms with Crippen LogP contribution in [0, 0.1) is 6.92 Å². The lowest BCUT2D eigenvalue weighted by atomic mass is 9.99. The fourth-order valence-corrected chi connectivity index (χ4v) is 2.22. The summed E-state index contributed by atoms with van der Waals surface area (Å²) in [6.45, 7) is 3.94. The van der Waals surface area contributed by atoms with Gasteiger partial charge < -0.3 is 9.52 Å². The van der Waals surface area contributed by atoms with Crippen LogP contribution in [0.2, 0.25) is 0 Å². The molecular formula is C15H18O3. The topological polar surface area (TPSA) is 50.4 Å². The van der Waals surface area contributed by atoms with Crippen LogP contribution in [-0.4, -0.2) is 5.11 Å². The molecule has 96 valence electrons. The van der Waals surface area contributed by atoms with E-state index in [4.69, 9.17) is 4.42 Å². The Morgan fingerprint density at radius 1 is 1.28 bits per heavy atom. The van der Waals surface area contributed by atoms with E-state index in [1.165, 1.54) is 6.07 Å². The highest BCUT2D eigenvalue weighted by atomic mass is 16.4. The molecule has 0 atom stereocenters. The Bertz CT molecular complexity index is 611. The van der Waals surface area contributed by atoms with Gasteiger partial charge in [0.25, 0.3) is 0 Å². The van der Waals surface area contributed by atoms with Crippen molar-refractivity contribution in [3.63, 3.8) is 0 Å². The van der Waals surface area contributed by atoms with Crippen LogP contribution in [0.1, 0.15) is 37.3 Å². The third-order valence-corrected chi connectivity index (χ3v) is 3.28. The molecule has 2 rings (SSSR count). The summed E-state index contributed by atoms with van der Waals surface area (Å²) >= 11 is 0. The van der Waals surface area contributed by atoms with Gasteiger partial charge in [-0.25, -0.2) is 4.79 Å². The summed E-state index contributed by atoms with van der Waals surface area (Å²) in [6, 6.07) is 4.86. The minimum absolute atomic E-state index is 0.201. The highest BCUT2D eigenvalue weighted by Gasteiger charge is 2.11. The molecule has 0 amide bonds. The molecule has 0 aliphatic carbocycles. The van der Waals surface area contributed by atoms with Crippen molar-refractivity contribution in [3.05, 3.63) is 39.7 Å². The van der Waals surface area contributed by atoms with E-state index in [2.05, 4.69) is 6.92 Å². The third kappa shape index (κ3) is 2.40. The van der Waals surface area contributed by atoms with Crippen LogP contribution < -0.4 is 5.63 Å². The van der Waals surface area contributed by atoms with Gasteiger partial charge in [0.15, 0.2) is 0 Å². The van der Waals surface area contributed by atoms with Crippen molar-refractivity contribution in [1.29, 1.82) is 0 Å². The van der Waals surface area contributed by atoms with Gasteiger partial charge in [0.1, 0.15) is 11.3 Å². The molecule has 1 aromatic heterocycles. The number of benzene rings is 1. The summed E-state index contributed by atoms with van der Waals surface area (Å²) in [5, 5.41) is 10.4. The van der Waals surface area contributed by atoms with Gasteiger partial charge in [0.2, 0.25) is 0 Å². The maximum atomic E-state index is 11.7. The first-order chi connectivity index (χ1) is 8.63. The van der Waals surface area contributed by atoms with Crippen LogP contribution in [-0.2, 0) is 6.42 Å². The van der Waals surface area contributed by atoms with Gasteiger partial charge in [-0.3, -0.25) is 0 Å². The molecule has 1 heterocycles. The number of hydrogen-bond acceptors (Lipinski definition) is 3. The van der Waals surface area contributed by atoms with Crippen LogP contribution in [0.3, 0.4) is 0 Å². The molecular weight excluding hydrogens is 228 g/mol.